The van der Waals surface area contributed by atoms with Gasteiger partial charge in [0.25, 0.3) is 0 Å². The SMILES string of the molecule is COc1cccc(CC(=O)Cc2ccc(Oc3ncnc4cc(OC)c5c(c34)OCCO5)c(Cl)c2)c1. The zero-order valence-corrected chi connectivity index (χ0v) is 20.5. The molecule has 2 heterocycles. The molecule has 1 aliphatic heterocycles. The van der Waals surface area contributed by atoms with Gasteiger partial charge in [0, 0.05) is 18.9 Å². The maximum Gasteiger partial charge on any atom is 0.234 e. The Balaban J connectivity index is 1.37. The molecule has 5 rings (SSSR count). The first-order valence-corrected chi connectivity index (χ1v) is 11.7. The summed E-state index contributed by atoms with van der Waals surface area (Å²) in [6.07, 6.45) is 1.94. The van der Waals surface area contributed by atoms with Crippen LogP contribution in [-0.4, -0.2) is 43.2 Å². The Bertz CT molecular complexity index is 1440. The van der Waals surface area contributed by atoms with Crippen molar-refractivity contribution in [3.63, 3.8) is 0 Å². The second-order valence-corrected chi connectivity index (χ2v) is 8.52. The quantitative estimate of drug-likeness (QED) is 0.321. The molecule has 184 valence electrons. The van der Waals surface area contributed by atoms with E-state index in [0.717, 1.165) is 16.9 Å². The number of ketones is 1. The Morgan fingerprint density at radius 1 is 0.917 bits per heavy atom. The Kier molecular flexibility index (Phi) is 6.77. The van der Waals surface area contributed by atoms with Gasteiger partial charge in [0.1, 0.15) is 42.2 Å². The van der Waals surface area contributed by atoms with Crippen molar-refractivity contribution < 1.29 is 28.5 Å². The minimum absolute atomic E-state index is 0.0625. The number of benzene rings is 3. The largest absolute Gasteiger partial charge is 0.497 e. The molecule has 9 heteroatoms. The van der Waals surface area contributed by atoms with Crippen LogP contribution < -0.4 is 23.7 Å². The molecule has 36 heavy (non-hydrogen) atoms. The highest BCUT2D eigenvalue weighted by molar-refractivity contribution is 6.32. The van der Waals surface area contributed by atoms with Crippen LogP contribution in [0.1, 0.15) is 11.1 Å². The lowest BCUT2D eigenvalue weighted by molar-refractivity contribution is -0.117. The number of aromatic nitrogens is 2. The summed E-state index contributed by atoms with van der Waals surface area (Å²) < 4.78 is 28.4. The van der Waals surface area contributed by atoms with Crippen molar-refractivity contribution in [2.45, 2.75) is 12.8 Å². The number of Topliss-reactive ketones (excluding diaryl/α,β-unsaturated/α-hetero) is 1. The molecule has 0 N–H and O–H groups in total. The summed E-state index contributed by atoms with van der Waals surface area (Å²) in [6.45, 7) is 0.783. The number of hydrogen-bond donors (Lipinski definition) is 0. The lowest BCUT2D eigenvalue weighted by Gasteiger charge is -2.22. The molecule has 0 aliphatic carbocycles. The lowest BCUT2D eigenvalue weighted by Crippen LogP contribution is -2.16. The van der Waals surface area contributed by atoms with E-state index in [2.05, 4.69) is 9.97 Å². The van der Waals surface area contributed by atoms with Gasteiger partial charge in [-0.05, 0) is 35.4 Å². The van der Waals surface area contributed by atoms with Crippen LogP contribution in [0.25, 0.3) is 10.9 Å². The number of carbonyl (C=O) groups is 1. The van der Waals surface area contributed by atoms with Crippen LogP contribution in [0.3, 0.4) is 0 Å². The monoisotopic (exact) mass is 506 g/mol. The maximum atomic E-state index is 12.6. The van der Waals surface area contributed by atoms with E-state index < -0.39 is 0 Å². The van der Waals surface area contributed by atoms with Gasteiger partial charge in [-0.1, -0.05) is 29.8 Å². The molecule has 0 radical (unpaired) electrons. The number of rotatable bonds is 8. The van der Waals surface area contributed by atoms with Gasteiger partial charge in [0.05, 0.1) is 24.8 Å². The molecule has 0 spiro atoms. The Hall–Kier alpha value is -4.04. The van der Waals surface area contributed by atoms with E-state index in [1.54, 1.807) is 32.4 Å². The van der Waals surface area contributed by atoms with Crippen molar-refractivity contribution in [2.75, 3.05) is 27.4 Å². The van der Waals surface area contributed by atoms with Crippen LogP contribution in [-0.2, 0) is 17.6 Å². The number of ether oxygens (including phenoxy) is 5. The number of methoxy groups -OCH3 is 2. The molecule has 0 saturated carbocycles. The van der Waals surface area contributed by atoms with E-state index in [1.165, 1.54) is 6.33 Å². The number of nitrogens with zero attached hydrogens (tertiary/aromatic N) is 2. The van der Waals surface area contributed by atoms with Crippen molar-refractivity contribution in [1.82, 2.24) is 9.97 Å². The molecule has 0 unspecified atom stereocenters. The topological polar surface area (TPSA) is 89.0 Å². The smallest absolute Gasteiger partial charge is 0.234 e. The molecule has 0 atom stereocenters. The first-order valence-electron chi connectivity index (χ1n) is 11.3. The molecule has 1 aromatic heterocycles. The summed E-state index contributed by atoms with van der Waals surface area (Å²) in [5.41, 5.74) is 2.26. The van der Waals surface area contributed by atoms with Crippen molar-refractivity contribution >= 4 is 28.3 Å². The van der Waals surface area contributed by atoms with Gasteiger partial charge in [-0.3, -0.25) is 4.79 Å². The summed E-state index contributed by atoms with van der Waals surface area (Å²) in [6, 6.07) is 14.5. The predicted octanol–water partition coefficient (Wildman–Crippen LogP) is 5.22. The average molecular weight is 507 g/mol. The number of hydrogen-bond acceptors (Lipinski definition) is 8. The Morgan fingerprint density at radius 2 is 1.69 bits per heavy atom. The first-order chi connectivity index (χ1) is 17.6. The number of fused-ring (bicyclic) bond motifs is 3. The van der Waals surface area contributed by atoms with Crippen molar-refractivity contribution in [3.05, 3.63) is 71.0 Å². The van der Waals surface area contributed by atoms with E-state index in [4.69, 9.17) is 35.3 Å². The molecule has 0 fully saturated rings. The summed E-state index contributed by atoms with van der Waals surface area (Å²) >= 11 is 6.53. The van der Waals surface area contributed by atoms with Crippen LogP contribution in [0, 0.1) is 0 Å². The summed E-state index contributed by atoms with van der Waals surface area (Å²) in [4.78, 5) is 21.3. The third-order valence-electron chi connectivity index (χ3n) is 5.70. The maximum absolute atomic E-state index is 12.6. The third-order valence-corrected chi connectivity index (χ3v) is 6.00. The molecule has 0 amide bonds. The highest BCUT2D eigenvalue weighted by Crippen LogP contribution is 2.48. The van der Waals surface area contributed by atoms with Crippen LogP contribution in [0.2, 0.25) is 5.02 Å². The second kappa shape index (κ2) is 10.3. The molecule has 4 aromatic rings. The van der Waals surface area contributed by atoms with Crippen molar-refractivity contribution in [1.29, 1.82) is 0 Å². The van der Waals surface area contributed by atoms with E-state index in [0.29, 0.717) is 58.6 Å². The van der Waals surface area contributed by atoms with Gasteiger partial charge >= 0.3 is 0 Å². The first kappa shape index (κ1) is 23.7. The molecule has 3 aromatic carbocycles. The highest BCUT2D eigenvalue weighted by atomic mass is 35.5. The van der Waals surface area contributed by atoms with Gasteiger partial charge in [0.15, 0.2) is 11.5 Å². The zero-order valence-electron chi connectivity index (χ0n) is 19.7. The Morgan fingerprint density at radius 3 is 2.44 bits per heavy atom. The third kappa shape index (κ3) is 4.85. The minimum Gasteiger partial charge on any atom is -0.497 e. The summed E-state index contributed by atoms with van der Waals surface area (Å²) in [5.74, 6) is 2.90. The van der Waals surface area contributed by atoms with Crippen molar-refractivity contribution in [2.24, 2.45) is 0 Å². The van der Waals surface area contributed by atoms with Crippen LogP contribution >= 0.6 is 11.6 Å². The van der Waals surface area contributed by atoms with Crippen LogP contribution in [0.15, 0.2) is 54.9 Å². The fourth-order valence-corrected chi connectivity index (χ4v) is 4.29. The predicted molar refractivity (Wildman–Crippen MR) is 134 cm³/mol. The van der Waals surface area contributed by atoms with Gasteiger partial charge in [0.2, 0.25) is 11.6 Å². The second-order valence-electron chi connectivity index (χ2n) is 8.12. The van der Waals surface area contributed by atoms with Crippen LogP contribution in [0.4, 0.5) is 0 Å². The standard InChI is InChI=1S/C27H23ClN2O6/c1-32-19-5-3-4-16(12-19)10-18(31)11-17-6-7-22(20(28)13-17)36-27-24-21(29-15-30-27)14-23(33-2)25-26(24)35-9-8-34-25/h3-7,12-15H,8-11H2,1-2H3. The van der Waals surface area contributed by atoms with Gasteiger partial charge in [-0.25, -0.2) is 9.97 Å². The van der Waals surface area contributed by atoms with Gasteiger partial charge < -0.3 is 23.7 Å². The molecule has 0 saturated heterocycles. The zero-order chi connectivity index (χ0) is 25.1. The minimum atomic E-state index is 0.0625. The van der Waals surface area contributed by atoms with E-state index >= 15 is 0 Å². The summed E-state index contributed by atoms with van der Waals surface area (Å²) in [5, 5.41) is 0.912. The van der Waals surface area contributed by atoms with Crippen molar-refractivity contribution in [3.8, 4) is 34.6 Å². The normalized spacial score (nSPS) is 12.3. The molecular weight excluding hydrogens is 484 g/mol. The lowest BCUT2D eigenvalue weighted by atomic mass is 10.0. The van der Waals surface area contributed by atoms with Crippen LogP contribution in [0.5, 0.6) is 34.6 Å². The van der Waals surface area contributed by atoms with Gasteiger partial charge in [-0.2, -0.15) is 0 Å². The fraction of sp³-hybridized carbons (Fsp3) is 0.222. The average Bonchev–Trinajstić information content (AvgIpc) is 2.89. The summed E-state index contributed by atoms with van der Waals surface area (Å²) in [7, 11) is 3.16. The molecule has 0 bridgehead atoms. The number of halogens is 1. The Labute approximate surface area is 212 Å². The number of carbonyl (C=O) groups excluding carboxylic acids is 1. The van der Waals surface area contributed by atoms with E-state index in [9.17, 15) is 4.79 Å². The molecule has 8 nitrogen and oxygen atoms in total. The highest BCUT2D eigenvalue weighted by Gasteiger charge is 2.25. The fourth-order valence-electron chi connectivity index (χ4n) is 4.05. The van der Waals surface area contributed by atoms with Gasteiger partial charge in [-0.15, -0.1) is 0 Å². The molecular formula is C27H23ClN2O6. The molecule has 1 aliphatic rings. The van der Waals surface area contributed by atoms with E-state index in [-0.39, 0.29) is 18.1 Å². The van der Waals surface area contributed by atoms with E-state index in [1.807, 2.05) is 30.3 Å².